The number of methoxy groups -OCH3 is 2. The van der Waals surface area contributed by atoms with E-state index in [1.807, 2.05) is 26.0 Å². The van der Waals surface area contributed by atoms with E-state index in [1.165, 1.54) is 24.0 Å². The van der Waals surface area contributed by atoms with Gasteiger partial charge >= 0.3 is 12.1 Å². The molecule has 4 heterocycles. The first-order valence-corrected chi connectivity index (χ1v) is 23.4. The van der Waals surface area contributed by atoms with Gasteiger partial charge in [0, 0.05) is 39.0 Å². The highest BCUT2D eigenvalue weighted by Crippen LogP contribution is 2.39. The average Bonchev–Trinajstić information content (AvgIpc) is 3.26. The molecule has 64 heavy (non-hydrogen) atoms. The maximum atomic E-state index is 14.4. The molecule has 5 aliphatic rings. The van der Waals surface area contributed by atoms with Crippen LogP contribution >= 0.6 is 0 Å². The second-order valence-corrected chi connectivity index (χ2v) is 19.2. The summed E-state index contributed by atoms with van der Waals surface area (Å²) in [7, 11) is 3.03. The SMILES string of the molecule is COC1CC(C)CC(C)/C=C(\CC=CCO)C(=O)CC(O)C(C)C(C(C)=CC2CCC(OC(=O)N3CC(O)C3)CC2)OC(=O)C2CCCCN2C(=O)C(=O)C2(O)OC1C(OC)CC2C. The number of carbonyl (C=O) groups excluding carboxylic acids is 5. The number of aliphatic hydroxyl groups excluding tert-OH is 3. The molecular formula is C48H74N2O14. The Morgan fingerprint density at radius 1 is 0.922 bits per heavy atom. The molecule has 4 fully saturated rings. The van der Waals surface area contributed by atoms with E-state index >= 15 is 0 Å². The van der Waals surface area contributed by atoms with Crippen molar-refractivity contribution in [1.82, 2.24) is 9.80 Å². The molecule has 4 N–H and O–H groups in total. The normalized spacial score (nSPS) is 38.1. The van der Waals surface area contributed by atoms with Gasteiger partial charge in [-0.3, -0.25) is 14.4 Å². The molecule has 1 saturated carbocycles. The number of nitrogens with zero attached hydrogens (tertiary/aromatic N) is 2. The summed E-state index contributed by atoms with van der Waals surface area (Å²) in [5.41, 5.74) is 1.11. The Balaban J connectivity index is 1.48. The highest BCUT2D eigenvalue weighted by atomic mass is 16.7. The monoisotopic (exact) mass is 903 g/mol. The largest absolute Gasteiger partial charge is 0.456 e. The molecule has 2 amide bonds. The van der Waals surface area contributed by atoms with Crippen LogP contribution < -0.4 is 0 Å². The summed E-state index contributed by atoms with van der Waals surface area (Å²) < 4.78 is 30.0. The van der Waals surface area contributed by atoms with Gasteiger partial charge in [0.05, 0.1) is 44.1 Å². The number of β-amino-alcohol motifs (C(OH)–C–C–N with tert-alkyl or cyclic N) is 1. The molecule has 0 aromatic rings. The lowest BCUT2D eigenvalue weighted by molar-refractivity contribution is -0.302. The maximum absolute atomic E-state index is 14.4. The van der Waals surface area contributed by atoms with E-state index in [9.17, 15) is 44.4 Å². The fraction of sp³-hybridized carbons (Fsp3) is 0.771. The van der Waals surface area contributed by atoms with Gasteiger partial charge in [-0.15, -0.1) is 0 Å². The van der Waals surface area contributed by atoms with E-state index < -0.39 is 84.0 Å². The number of cyclic esters (lactones) is 1. The smallest absolute Gasteiger partial charge is 0.410 e. The van der Waals surface area contributed by atoms with Crippen molar-refractivity contribution in [3.05, 3.63) is 35.5 Å². The first-order valence-electron chi connectivity index (χ1n) is 23.4. The molecule has 0 spiro atoms. The predicted octanol–water partition coefficient (Wildman–Crippen LogP) is 4.20. The summed E-state index contributed by atoms with van der Waals surface area (Å²) in [4.78, 5) is 72.3. The van der Waals surface area contributed by atoms with E-state index in [2.05, 4.69) is 0 Å². The van der Waals surface area contributed by atoms with Crippen molar-refractivity contribution in [2.24, 2.45) is 29.6 Å². The van der Waals surface area contributed by atoms with Crippen molar-refractivity contribution >= 4 is 29.5 Å². The van der Waals surface area contributed by atoms with Crippen molar-refractivity contribution in [2.45, 2.75) is 166 Å². The molecule has 11 atom stereocenters. The quantitative estimate of drug-likeness (QED) is 0.153. The average molecular weight is 903 g/mol. The lowest BCUT2D eigenvalue weighted by Crippen LogP contribution is -2.64. The molecule has 3 saturated heterocycles. The van der Waals surface area contributed by atoms with Gasteiger partial charge in [0.2, 0.25) is 5.79 Å². The van der Waals surface area contributed by atoms with Crippen molar-refractivity contribution < 1.29 is 68.1 Å². The zero-order valence-electron chi connectivity index (χ0n) is 38.9. The molecule has 0 radical (unpaired) electrons. The molecule has 0 aromatic heterocycles. The van der Waals surface area contributed by atoms with Crippen LogP contribution in [0.4, 0.5) is 4.79 Å². The first-order chi connectivity index (χ1) is 30.4. The Morgan fingerprint density at radius 2 is 1.59 bits per heavy atom. The summed E-state index contributed by atoms with van der Waals surface area (Å²) in [5, 5.41) is 43.0. The van der Waals surface area contributed by atoms with Gasteiger partial charge < -0.3 is 53.9 Å². The molecule has 5 rings (SSSR count). The van der Waals surface area contributed by atoms with Crippen LogP contribution in [0.2, 0.25) is 0 Å². The number of esters is 1. The molecule has 16 heteroatoms. The molecule has 0 aromatic carbocycles. The maximum Gasteiger partial charge on any atom is 0.410 e. The number of likely N-dealkylation sites (tertiary alicyclic amines) is 1. The number of amides is 2. The molecule has 2 bridgehead atoms. The summed E-state index contributed by atoms with van der Waals surface area (Å²) in [6, 6.07) is -1.18. The lowest BCUT2D eigenvalue weighted by atomic mass is 9.81. The van der Waals surface area contributed by atoms with E-state index in [4.69, 9.17) is 23.7 Å². The standard InChI is InChI=1S/C48H74N2O14/c1-28-20-29(2)22-40(60-6)43-41(61-7)24-31(4)48(59,64-43)44(55)45(56)50-18-10-8-13-37(50)46(57)63-42(32(5)38(53)25-39(54)34(21-28)12-9-11-19-51)30(3)23-33-14-16-36(17-15-33)62-47(58)49-26-35(52)27-49/h9,11,21,23,28-29,31-33,35-38,40-43,51-53,59H,8,10,12-20,22,24-27H2,1-7H3/b11-9?,30-23?,34-21+. The van der Waals surface area contributed by atoms with E-state index in [0.29, 0.717) is 62.5 Å². The molecular weight excluding hydrogens is 829 g/mol. The highest BCUT2D eigenvalue weighted by molar-refractivity contribution is 6.39. The minimum Gasteiger partial charge on any atom is -0.456 e. The van der Waals surface area contributed by atoms with Crippen LogP contribution in [0.1, 0.15) is 112 Å². The van der Waals surface area contributed by atoms with E-state index in [0.717, 1.165) is 0 Å². The second-order valence-electron chi connectivity index (χ2n) is 19.2. The first kappa shape index (κ1) is 51.5. The molecule has 16 nitrogen and oxygen atoms in total. The van der Waals surface area contributed by atoms with Crippen LogP contribution in [0.5, 0.6) is 0 Å². The lowest BCUT2D eigenvalue weighted by Gasteiger charge is -2.47. The van der Waals surface area contributed by atoms with E-state index in [-0.39, 0.29) is 81.6 Å². The summed E-state index contributed by atoms with van der Waals surface area (Å²) in [6.07, 6.45) is 6.52. The highest BCUT2D eigenvalue weighted by Gasteiger charge is 2.56. The van der Waals surface area contributed by atoms with Crippen molar-refractivity contribution in [1.29, 1.82) is 0 Å². The van der Waals surface area contributed by atoms with Crippen LogP contribution in [0, 0.1) is 29.6 Å². The predicted molar refractivity (Wildman–Crippen MR) is 234 cm³/mol. The zero-order valence-corrected chi connectivity index (χ0v) is 38.9. The van der Waals surface area contributed by atoms with Crippen LogP contribution in [0.3, 0.4) is 0 Å². The number of allylic oxidation sites excluding steroid dienone is 4. The Labute approximate surface area is 378 Å². The van der Waals surface area contributed by atoms with Gasteiger partial charge in [-0.25, -0.2) is 9.59 Å². The van der Waals surface area contributed by atoms with Gasteiger partial charge in [0.1, 0.15) is 24.4 Å². The number of ether oxygens (including phenoxy) is 5. The number of Topliss-reactive ketones (excluding diaryl/α,β-unsaturated/α-hetero) is 2. The number of piperidine rings is 1. The van der Waals surface area contributed by atoms with Crippen molar-refractivity contribution in [2.75, 3.05) is 40.5 Å². The third-order valence-electron chi connectivity index (χ3n) is 14.1. The zero-order chi connectivity index (χ0) is 46.9. The molecule has 11 unspecified atom stereocenters. The van der Waals surface area contributed by atoms with Gasteiger partial charge in [0.25, 0.3) is 11.7 Å². The fourth-order valence-corrected chi connectivity index (χ4v) is 10.2. The topological polar surface area (TPSA) is 219 Å². The molecule has 360 valence electrons. The number of fused-ring (bicyclic) bond motifs is 3. The summed E-state index contributed by atoms with van der Waals surface area (Å²) >= 11 is 0. The fourth-order valence-electron chi connectivity index (χ4n) is 10.2. The Morgan fingerprint density at radius 3 is 2.23 bits per heavy atom. The number of rotatable bonds is 8. The molecule has 1 aliphatic carbocycles. The van der Waals surface area contributed by atoms with Crippen LogP contribution in [0.15, 0.2) is 35.5 Å². The third-order valence-corrected chi connectivity index (χ3v) is 14.1. The van der Waals surface area contributed by atoms with E-state index in [1.54, 1.807) is 32.9 Å². The Hall–Kier alpha value is -3.51. The van der Waals surface area contributed by atoms with Crippen LogP contribution in [-0.2, 0) is 42.9 Å². The Bertz CT molecular complexity index is 1720. The van der Waals surface area contributed by atoms with Gasteiger partial charge in [-0.1, -0.05) is 52.0 Å². The summed E-state index contributed by atoms with van der Waals surface area (Å²) in [5.74, 6) is -7.60. The van der Waals surface area contributed by atoms with Crippen LogP contribution in [-0.4, -0.2) is 155 Å². The number of hydrogen-bond donors (Lipinski definition) is 4. The van der Waals surface area contributed by atoms with Crippen LogP contribution in [0.25, 0.3) is 0 Å². The minimum absolute atomic E-state index is 0.00988. The number of hydrogen-bond acceptors (Lipinski definition) is 14. The number of aliphatic hydroxyl groups is 4. The second kappa shape index (κ2) is 23.3. The van der Waals surface area contributed by atoms with Gasteiger partial charge in [0.15, 0.2) is 5.78 Å². The van der Waals surface area contributed by atoms with Crippen molar-refractivity contribution in [3.8, 4) is 0 Å². The van der Waals surface area contributed by atoms with Crippen molar-refractivity contribution in [3.63, 3.8) is 0 Å². The Kier molecular flexibility index (Phi) is 18.7. The molecule has 4 aliphatic heterocycles. The van der Waals surface area contributed by atoms with Gasteiger partial charge in [-0.2, -0.15) is 0 Å². The van der Waals surface area contributed by atoms with Gasteiger partial charge in [-0.05, 0) is 106 Å². The summed E-state index contributed by atoms with van der Waals surface area (Å²) in [6.45, 7) is 9.54. The number of carbonyl (C=O) groups is 5. The third kappa shape index (κ3) is 12.7. The minimum atomic E-state index is -2.54. The number of ketones is 2.